The molecule has 0 aliphatic rings. The van der Waals surface area contributed by atoms with Gasteiger partial charge in [0, 0.05) is 11.1 Å². The maximum Gasteiger partial charge on any atom is 0.262 e. The van der Waals surface area contributed by atoms with E-state index in [4.69, 9.17) is 11.6 Å². The van der Waals surface area contributed by atoms with Crippen LogP contribution in [0.25, 0.3) is 6.08 Å². The Balaban J connectivity index is 1.96. The van der Waals surface area contributed by atoms with E-state index in [2.05, 4.69) is 15.6 Å². The first-order chi connectivity index (χ1) is 8.24. The molecule has 0 saturated heterocycles. The van der Waals surface area contributed by atoms with Crippen LogP contribution in [0.2, 0.25) is 5.02 Å². The molecule has 6 heteroatoms. The highest BCUT2D eigenvalue weighted by atomic mass is 35.5. The molecule has 1 amide bonds. The number of nitrogens with one attached hydrogen (secondary N) is 1. The Morgan fingerprint density at radius 1 is 1.24 bits per heavy atom. The zero-order valence-corrected chi connectivity index (χ0v) is 9.50. The summed E-state index contributed by atoms with van der Waals surface area (Å²) in [4.78, 5) is 11.5. The monoisotopic (exact) mass is 248 g/mol. The van der Waals surface area contributed by atoms with Crippen LogP contribution in [0.5, 0.6) is 0 Å². The topological polar surface area (TPSA) is 59.8 Å². The first-order valence-corrected chi connectivity index (χ1v) is 5.21. The minimum Gasteiger partial charge on any atom is -0.268 e. The van der Waals surface area contributed by atoms with E-state index in [0.717, 1.165) is 5.56 Å². The minimum absolute atomic E-state index is 0.264. The Bertz CT molecular complexity index is 519. The lowest BCUT2D eigenvalue weighted by Gasteiger charge is -1.99. The molecule has 0 saturated carbocycles. The molecule has 17 heavy (non-hydrogen) atoms. The summed E-state index contributed by atoms with van der Waals surface area (Å²) in [6.07, 6.45) is 5.90. The smallest absolute Gasteiger partial charge is 0.262 e. The third-order valence-electron chi connectivity index (χ3n) is 1.96. The number of benzene rings is 1. The third kappa shape index (κ3) is 3.42. The van der Waals surface area contributed by atoms with E-state index in [0.29, 0.717) is 5.02 Å². The van der Waals surface area contributed by atoms with E-state index < -0.39 is 0 Å². The van der Waals surface area contributed by atoms with E-state index in [1.807, 2.05) is 12.1 Å². The van der Waals surface area contributed by atoms with Gasteiger partial charge in [-0.25, -0.2) is 4.68 Å². The van der Waals surface area contributed by atoms with Crippen LogP contribution in [0.4, 0.5) is 0 Å². The van der Waals surface area contributed by atoms with Gasteiger partial charge in [-0.2, -0.15) is 0 Å². The number of hydrogen-bond donors (Lipinski definition) is 1. The molecule has 0 aliphatic heterocycles. The van der Waals surface area contributed by atoms with Gasteiger partial charge in [-0.15, -0.1) is 10.2 Å². The quantitative estimate of drug-likeness (QED) is 0.842. The van der Waals surface area contributed by atoms with E-state index in [1.165, 1.54) is 23.4 Å². The second kappa shape index (κ2) is 5.27. The summed E-state index contributed by atoms with van der Waals surface area (Å²) in [5.41, 5.74) is 3.44. The Kier molecular flexibility index (Phi) is 3.52. The second-order valence-corrected chi connectivity index (χ2v) is 3.67. The van der Waals surface area contributed by atoms with Gasteiger partial charge in [0.2, 0.25) is 0 Å². The van der Waals surface area contributed by atoms with Crippen molar-refractivity contribution in [2.45, 2.75) is 0 Å². The van der Waals surface area contributed by atoms with E-state index >= 15 is 0 Å². The van der Waals surface area contributed by atoms with Gasteiger partial charge < -0.3 is 0 Å². The highest BCUT2D eigenvalue weighted by Crippen LogP contribution is 2.10. The zero-order chi connectivity index (χ0) is 12.1. The van der Waals surface area contributed by atoms with Gasteiger partial charge in [0.15, 0.2) is 0 Å². The molecule has 1 N–H and O–H groups in total. The molecule has 0 fully saturated rings. The van der Waals surface area contributed by atoms with Gasteiger partial charge in [0.05, 0.1) is 0 Å². The predicted molar refractivity (Wildman–Crippen MR) is 64.9 cm³/mol. The van der Waals surface area contributed by atoms with Crippen molar-refractivity contribution >= 4 is 23.6 Å². The van der Waals surface area contributed by atoms with Crippen LogP contribution < -0.4 is 5.43 Å². The number of rotatable bonds is 3. The van der Waals surface area contributed by atoms with Gasteiger partial charge in [0.1, 0.15) is 12.7 Å². The molecule has 2 rings (SSSR count). The van der Waals surface area contributed by atoms with Crippen LogP contribution in [0, 0.1) is 0 Å². The highest BCUT2D eigenvalue weighted by Gasteiger charge is 1.96. The van der Waals surface area contributed by atoms with Crippen molar-refractivity contribution in [3.8, 4) is 0 Å². The zero-order valence-electron chi connectivity index (χ0n) is 8.75. The number of amides is 1. The Hall–Kier alpha value is -2.14. The van der Waals surface area contributed by atoms with Crippen molar-refractivity contribution in [2.75, 3.05) is 5.43 Å². The predicted octanol–water partition coefficient (Wildman–Crippen LogP) is 1.71. The summed E-state index contributed by atoms with van der Waals surface area (Å²) in [5, 5.41) is 7.79. The Morgan fingerprint density at radius 2 is 1.88 bits per heavy atom. The van der Waals surface area contributed by atoms with Crippen LogP contribution >= 0.6 is 11.6 Å². The average Bonchev–Trinajstić information content (AvgIpc) is 2.81. The minimum atomic E-state index is -0.264. The molecule has 1 heterocycles. The maximum atomic E-state index is 11.5. The third-order valence-corrected chi connectivity index (χ3v) is 2.21. The summed E-state index contributed by atoms with van der Waals surface area (Å²) >= 11 is 5.75. The summed E-state index contributed by atoms with van der Waals surface area (Å²) in [6.45, 7) is 0. The highest BCUT2D eigenvalue weighted by molar-refractivity contribution is 6.30. The van der Waals surface area contributed by atoms with Gasteiger partial charge >= 0.3 is 0 Å². The number of carbonyl (C=O) groups excluding carboxylic acids is 1. The van der Waals surface area contributed by atoms with Gasteiger partial charge in [-0.3, -0.25) is 10.2 Å². The molecular weight excluding hydrogens is 240 g/mol. The first-order valence-electron chi connectivity index (χ1n) is 4.83. The fourth-order valence-electron chi connectivity index (χ4n) is 1.17. The van der Waals surface area contributed by atoms with Crippen molar-refractivity contribution in [1.29, 1.82) is 0 Å². The summed E-state index contributed by atoms with van der Waals surface area (Å²) < 4.78 is 1.37. The number of aromatic nitrogens is 3. The van der Waals surface area contributed by atoms with Crippen molar-refractivity contribution < 1.29 is 4.79 Å². The van der Waals surface area contributed by atoms with Crippen LogP contribution in [-0.4, -0.2) is 20.8 Å². The summed E-state index contributed by atoms with van der Waals surface area (Å²) in [7, 11) is 0. The molecule has 2 aromatic rings. The van der Waals surface area contributed by atoms with Crippen LogP contribution in [0.3, 0.4) is 0 Å². The van der Waals surface area contributed by atoms with Crippen molar-refractivity contribution in [3.05, 3.63) is 53.6 Å². The van der Waals surface area contributed by atoms with E-state index in [1.54, 1.807) is 18.2 Å². The SMILES string of the molecule is O=C(/C=C/c1ccc(Cl)cc1)Nn1cnnc1. The molecular formula is C11H9ClN4O. The lowest BCUT2D eigenvalue weighted by molar-refractivity contribution is -0.112. The molecule has 86 valence electrons. The molecule has 5 nitrogen and oxygen atoms in total. The van der Waals surface area contributed by atoms with Gasteiger partial charge in [-0.05, 0) is 23.8 Å². The summed E-state index contributed by atoms with van der Waals surface area (Å²) in [5.74, 6) is -0.264. The first kappa shape index (κ1) is 11.3. The fourth-order valence-corrected chi connectivity index (χ4v) is 1.29. The number of nitrogens with zero attached hydrogens (tertiary/aromatic N) is 3. The standard InChI is InChI=1S/C11H9ClN4O/c12-10-4-1-9(2-5-10)3-6-11(17)15-16-7-13-14-8-16/h1-8H,(H,15,17)/b6-3+. The Morgan fingerprint density at radius 3 is 2.53 bits per heavy atom. The lowest BCUT2D eigenvalue weighted by Crippen LogP contribution is -2.18. The van der Waals surface area contributed by atoms with E-state index in [-0.39, 0.29) is 5.91 Å². The number of carbonyl (C=O) groups is 1. The molecule has 1 aromatic carbocycles. The normalized spacial score (nSPS) is 10.6. The fraction of sp³-hybridized carbons (Fsp3) is 0. The second-order valence-electron chi connectivity index (χ2n) is 3.23. The maximum absolute atomic E-state index is 11.5. The van der Waals surface area contributed by atoms with Crippen LogP contribution in [-0.2, 0) is 4.79 Å². The van der Waals surface area contributed by atoms with Gasteiger partial charge in [-0.1, -0.05) is 23.7 Å². The molecule has 0 unspecified atom stereocenters. The lowest BCUT2D eigenvalue weighted by atomic mass is 10.2. The molecule has 0 radical (unpaired) electrons. The van der Waals surface area contributed by atoms with Crippen LogP contribution in [0.15, 0.2) is 43.0 Å². The largest absolute Gasteiger partial charge is 0.268 e. The Labute approximate surface area is 103 Å². The molecule has 0 atom stereocenters. The van der Waals surface area contributed by atoms with Crippen molar-refractivity contribution in [3.63, 3.8) is 0 Å². The van der Waals surface area contributed by atoms with Crippen LogP contribution in [0.1, 0.15) is 5.56 Å². The number of hydrogen-bond acceptors (Lipinski definition) is 3. The van der Waals surface area contributed by atoms with Crippen molar-refractivity contribution in [1.82, 2.24) is 14.9 Å². The van der Waals surface area contributed by atoms with Gasteiger partial charge in [0.25, 0.3) is 5.91 Å². The van der Waals surface area contributed by atoms with Crippen molar-refractivity contribution in [2.24, 2.45) is 0 Å². The van der Waals surface area contributed by atoms with E-state index in [9.17, 15) is 4.79 Å². The molecule has 1 aromatic heterocycles. The number of halogens is 1. The molecule has 0 bridgehead atoms. The summed E-state index contributed by atoms with van der Waals surface area (Å²) in [6, 6.07) is 7.17. The average molecular weight is 249 g/mol. The molecule has 0 spiro atoms. The molecule has 0 aliphatic carbocycles.